The molecule has 0 bridgehead atoms. The molecule has 1 aliphatic heterocycles. The summed E-state index contributed by atoms with van der Waals surface area (Å²) in [6, 6.07) is 9.87. The smallest absolute Gasteiger partial charge is 0.268 e. The van der Waals surface area contributed by atoms with E-state index in [4.69, 9.17) is 4.74 Å². The maximum Gasteiger partial charge on any atom is 0.268 e. The van der Waals surface area contributed by atoms with Crippen molar-refractivity contribution in [3.8, 4) is 5.75 Å². The molecular formula is C23H27N3O3. The van der Waals surface area contributed by atoms with E-state index in [9.17, 15) is 9.59 Å². The van der Waals surface area contributed by atoms with Crippen LogP contribution >= 0.6 is 0 Å². The van der Waals surface area contributed by atoms with E-state index < -0.39 is 6.10 Å². The molecule has 0 unspecified atom stereocenters. The molecule has 2 heterocycles. The zero-order valence-electron chi connectivity index (χ0n) is 17.2. The van der Waals surface area contributed by atoms with Gasteiger partial charge in [0.2, 0.25) is 5.91 Å². The first-order valence-corrected chi connectivity index (χ1v) is 10.2. The van der Waals surface area contributed by atoms with E-state index in [-0.39, 0.29) is 30.3 Å². The van der Waals surface area contributed by atoms with E-state index in [0.29, 0.717) is 18.0 Å². The Bertz CT molecular complexity index is 909. The highest BCUT2D eigenvalue weighted by atomic mass is 16.5. The predicted octanol–water partition coefficient (Wildman–Crippen LogP) is 3.33. The van der Waals surface area contributed by atoms with Crippen LogP contribution in [0.5, 0.6) is 5.75 Å². The van der Waals surface area contributed by atoms with Crippen LogP contribution in [-0.4, -0.2) is 40.4 Å². The molecule has 6 heteroatoms. The molecule has 1 aromatic heterocycles. The van der Waals surface area contributed by atoms with Crippen LogP contribution in [0.4, 0.5) is 5.69 Å². The van der Waals surface area contributed by atoms with E-state index >= 15 is 0 Å². The van der Waals surface area contributed by atoms with Crippen molar-refractivity contribution >= 4 is 17.5 Å². The number of anilines is 1. The third-order valence-electron chi connectivity index (χ3n) is 5.45. The Morgan fingerprint density at radius 2 is 2.10 bits per heavy atom. The lowest BCUT2D eigenvalue weighted by Gasteiger charge is -2.37. The molecule has 2 aliphatic rings. The average Bonchev–Trinajstić information content (AvgIpc) is 3.54. The molecular weight excluding hydrogens is 366 g/mol. The van der Waals surface area contributed by atoms with Crippen molar-refractivity contribution < 1.29 is 14.3 Å². The number of aromatic nitrogens is 1. The number of pyridine rings is 1. The third-order valence-corrected chi connectivity index (χ3v) is 5.45. The van der Waals surface area contributed by atoms with Gasteiger partial charge in [0.05, 0.1) is 5.69 Å². The predicted molar refractivity (Wildman–Crippen MR) is 111 cm³/mol. The number of amides is 2. The molecule has 0 spiro atoms. The zero-order valence-corrected chi connectivity index (χ0v) is 17.2. The van der Waals surface area contributed by atoms with Gasteiger partial charge in [-0.2, -0.15) is 0 Å². The molecule has 1 aliphatic carbocycles. The van der Waals surface area contributed by atoms with Gasteiger partial charge in [0.15, 0.2) is 6.10 Å². The minimum atomic E-state index is -0.578. The molecule has 1 atom stereocenters. The van der Waals surface area contributed by atoms with Crippen LogP contribution in [0.2, 0.25) is 0 Å². The molecule has 1 aromatic carbocycles. The minimum Gasteiger partial charge on any atom is -0.478 e. The molecule has 0 saturated heterocycles. The van der Waals surface area contributed by atoms with Gasteiger partial charge in [-0.15, -0.1) is 0 Å². The van der Waals surface area contributed by atoms with Crippen LogP contribution in [0, 0.1) is 12.8 Å². The van der Waals surface area contributed by atoms with Gasteiger partial charge in [-0.05, 0) is 55.0 Å². The van der Waals surface area contributed by atoms with Crippen molar-refractivity contribution in [2.24, 2.45) is 5.92 Å². The van der Waals surface area contributed by atoms with E-state index in [0.717, 1.165) is 24.0 Å². The summed E-state index contributed by atoms with van der Waals surface area (Å²) in [5.74, 6) is 0.488. The third kappa shape index (κ3) is 4.11. The van der Waals surface area contributed by atoms with Crippen molar-refractivity contribution in [3.63, 3.8) is 0 Å². The van der Waals surface area contributed by atoms with E-state index in [1.807, 2.05) is 56.0 Å². The summed E-state index contributed by atoms with van der Waals surface area (Å²) < 4.78 is 5.96. The molecule has 4 rings (SSSR count). The van der Waals surface area contributed by atoms with E-state index in [1.54, 1.807) is 17.3 Å². The number of hydrogen-bond acceptors (Lipinski definition) is 4. The number of nitrogens with zero attached hydrogens (tertiary/aromatic N) is 3. The molecule has 6 nitrogen and oxygen atoms in total. The van der Waals surface area contributed by atoms with Crippen LogP contribution in [0.3, 0.4) is 0 Å². The number of carbonyl (C=O) groups excluding carboxylic acids is 2. The average molecular weight is 393 g/mol. The van der Waals surface area contributed by atoms with Crippen molar-refractivity contribution in [1.29, 1.82) is 0 Å². The molecule has 0 radical (unpaired) electrons. The first kappa shape index (κ1) is 19.4. The van der Waals surface area contributed by atoms with Gasteiger partial charge >= 0.3 is 0 Å². The maximum absolute atomic E-state index is 13.3. The Labute approximate surface area is 171 Å². The number of rotatable bonds is 6. The summed E-state index contributed by atoms with van der Waals surface area (Å²) in [6.45, 7) is 6.43. The Morgan fingerprint density at radius 1 is 1.31 bits per heavy atom. The first-order valence-electron chi connectivity index (χ1n) is 10.2. The second-order valence-corrected chi connectivity index (χ2v) is 8.29. The Balaban J connectivity index is 1.60. The van der Waals surface area contributed by atoms with Gasteiger partial charge in [-0.3, -0.25) is 19.5 Å². The lowest BCUT2D eigenvalue weighted by atomic mass is 10.0. The van der Waals surface area contributed by atoms with Gasteiger partial charge in [-0.25, -0.2) is 0 Å². The van der Waals surface area contributed by atoms with Gasteiger partial charge in [-0.1, -0.05) is 26.0 Å². The second kappa shape index (κ2) is 7.85. The molecule has 2 aromatic rings. The standard InChI is InChI=1S/C23H27N3O3/c1-15(2)22-23(28)26(19-11-16(3)6-9-20(19)29-22)14-21(27)25(18-7-8-18)13-17-5-4-10-24-12-17/h4-6,9-12,15,18,22H,7-8,13-14H2,1-3H3/t22-/m1/s1. The highest BCUT2D eigenvalue weighted by Gasteiger charge is 2.39. The monoisotopic (exact) mass is 393 g/mol. The van der Waals surface area contributed by atoms with Crippen LogP contribution in [0.1, 0.15) is 37.8 Å². The summed E-state index contributed by atoms with van der Waals surface area (Å²) in [6.07, 6.45) is 4.95. The Morgan fingerprint density at radius 3 is 2.76 bits per heavy atom. The molecule has 1 fully saturated rings. The molecule has 1 saturated carbocycles. The fraction of sp³-hybridized carbons (Fsp3) is 0.435. The zero-order chi connectivity index (χ0) is 20.5. The lowest BCUT2D eigenvalue weighted by Crippen LogP contribution is -2.52. The fourth-order valence-electron chi connectivity index (χ4n) is 3.70. The number of carbonyl (C=O) groups is 2. The summed E-state index contributed by atoms with van der Waals surface area (Å²) in [7, 11) is 0. The summed E-state index contributed by atoms with van der Waals surface area (Å²) >= 11 is 0. The van der Waals surface area contributed by atoms with Crippen molar-refractivity contribution in [2.75, 3.05) is 11.4 Å². The van der Waals surface area contributed by atoms with Gasteiger partial charge in [0.1, 0.15) is 12.3 Å². The molecule has 152 valence electrons. The number of fused-ring (bicyclic) bond motifs is 1. The number of aryl methyl sites for hydroxylation is 1. The SMILES string of the molecule is Cc1ccc2c(c1)N(CC(=O)N(Cc1cccnc1)C1CC1)C(=O)[C@@H](C(C)C)O2. The molecule has 29 heavy (non-hydrogen) atoms. The first-order chi connectivity index (χ1) is 13.9. The highest BCUT2D eigenvalue weighted by Crippen LogP contribution is 2.37. The van der Waals surface area contributed by atoms with Crippen molar-refractivity contribution in [2.45, 2.75) is 52.3 Å². The maximum atomic E-state index is 13.3. The van der Waals surface area contributed by atoms with Crippen molar-refractivity contribution in [3.05, 3.63) is 53.9 Å². The largest absolute Gasteiger partial charge is 0.478 e. The minimum absolute atomic E-state index is 0.0180. The van der Waals surface area contributed by atoms with Crippen molar-refractivity contribution in [1.82, 2.24) is 9.88 Å². The van der Waals surface area contributed by atoms with E-state index in [2.05, 4.69) is 4.98 Å². The highest BCUT2D eigenvalue weighted by molar-refractivity contribution is 6.04. The Kier molecular flexibility index (Phi) is 5.26. The van der Waals surface area contributed by atoms with Crippen LogP contribution in [-0.2, 0) is 16.1 Å². The second-order valence-electron chi connectivity index (χ2n) is 8.29. The fourth-order valence-corrected chi connectivity index (χ4v) is 3.70. The van der Waals surface area contributed by atoms with Crippen LogP contribution in [0.25, 0.3) is 0 Å². The van der Waals surface area contributed by atoms with Gasteiger partial charge < -0.3 is 9.64 Å². The summed E-state index contributed by atoms with van der Waals surface area (Å²) in [4.78, 5) is 34.1. The topological polar surface area (TPSA) is 62.7 Å². The number of benzene rings is 1. The summed E-state index contributed by atoms with van der Waals surface area (Å²) in [5.41, 5.74) is 2.70. The Hall–Kier alpha value is -2.89. The number of ether oxygens (including phenoxy) is 1. The van der Waals surface area contributed by atoms with Crippen LogP contribution in [0.15, 0.2) is 42.7 Å². The van der Waals surface area contributed by atoms with E-state index in [1.165, 1.54) is 0 Å². The molecule has 2 amide bonds. The summed E-state index contributed by atoms with van der Waals surface area (Å²) in [5, 5.41) is 0. The molecule has 0 N–H and O–H groups in total. The van der Waals surface area contributed by atoms with Crippen LogP contribution < -0.4 is 9.64 Å². The van der Waals surface area contributed by atoms with Gasteiger partial charge in [0, 0.05) is 25.0 Å². The quantitative estimate of drug-likeness (QED) is 0.755. The lowest BCUT2D eigenvalue weighted by molar-refractivity contribution is -0.135. The number of hydrogen-bond donors (Lipinski definition) is 0. The van der Waals surface area contributed by atoms with Gasteiger partial charge in [0.25, 0.3) is 5.91 Å². The normalized spacial score (nSPS) is 18.4.